The van der Waals surface area contributed by atoms with Gasteiger partial charge < -0.3 is 5.32 Å². The molecule has 0 bridgehead atoms. The van der Waals surface area contributed by atoms with Crippen LogP contribution in [0.15, 0.2) is 18.2 Å². The summed E-state index contributed by atoms with van der Waals surface area (Å²) in [6.07, 6.45) is 2.82. The van der Waals surface area contributed by atoms with E-state index in [0.29, 0.717) is 0 Å². The van der Waals surface area contributed by atoms with E-state index in [1.165, 1.54) is 36.1 Å². The molecule has 0 amide bonds. The number of benzene rings is 1. The van der Waals surface area contributed by atoms with Gasteiger partial charge in [0.1, 0.15) is 8.07 Å². The lowest BCUT2D eigenvalue weighted by molar-refractivity contribution is 0.638. The molecule has 0 aliphatic heterocycles. The molecule has 0 saturated heterocycles. The molecule has 0 radical (unpaired) electrons. The summed E-state index contributed by atoms with van der Waals surface area (Å²) >= 11 is 0. The lowest BCUT2D eigenvalue weighted by Crippen LogP contribution is -2.17. The number of nitrogens with one attached hydrogen (secondary N) is 1. The third-order valence-corrected chi connectivity index (χ3v) is 4.21. The maximum atomic E-state index is 3.54. The van der Waals surface area contributed by atoms with Gasteiger partial charge in [0.05, 0.1) is 0 Å². The third kappa shape index (κ3) is 5.22. The van der Waals surface area contributed by atoms with Crippen LogP contribution in [0.4, 0.5) is 0 Å². The van der Waals surface area contributed by atoms with E-state index in [1.807, 2.05) is 0 Å². The lowest BCUT2D eigenvalue weighted by atomic mass is 10.1. The van der Waals surface area contributed by atoms with Crippen molar-refractivity contribution >= 4 is 8.07 Å². The Morgan fingerprint density at radius 1 is 1.26 bits per heavy atom. The fraction of sp³-hybridized carbons (Fsp3) is 0.529. The van der Waals surface area contributed by atoms with Gasteiger partial charge in [0.2, 0.25) is 0 Å². The average Bonchev–Trinajstić information content (AvgIpc) is 3.12. The average molecular weight is 271 g/mol. The summed E-state index contributed by atoms with van der Waals surface area (Å²) in [5.41, 5.74) is 7.30. The molecule has 102 valence electrons. The molecule has 1 aromatic carbocycles. The van der Waals surface area contributed by atoms with Crippen molar-refractivity contribution in [3.8, 4) is 11.5 Å². The van der Waals surface area contributed by atoms with Crippen LogP contribution < -0.4 is 5.32 Å². The zero-order chi connectivity index (χ0) is 13.9. The zero-order valence-electron chi connectivity index (χ0n) is 12.6. The Balaban J connectivity index is 2.02. The van der Waals surface area contributed by atoms with E-state index >= 15 is 0 Å². The van der Waals surface area contributed by atoms with E-state index in [2.05, 4.69) is 61.5 Å². The van der Waals surface area contributed by atoms with Gasteiger partial charge in [0, 0.05) is 12.1 Å². The van der Waals surface area contributed by atoms with E-state index < -0.39 is 8.07 Å². The molecule has 2 rings (SSSR count). The molecule has 0 aromatic heterocycles. The first kappa shape index (κ1) is 14.4. The van der Waals surface area contributed by atoms with Crippen LogP contribution in [0.25, 0.3) is 0 Å². The molecule has 0 unspecified atom stereocenters. The first-order chi connectivity index (χ1) is 8.94. The molecular weight excluding hydrogens is 246 g/mol. The minimum absolute atomic E-state index is 0.941. The van der Waals surface area contributed by atoms with E-state index in [1.54, 1.807) is 0 Å². The predicted molar refractivity (Wildman–Crippen MR) is 85.8 cm³/mol. The van der Waals surface area contributed by atoms with Gasteiger partial charge >= 0.3 is 0 Å². The molecule has 1 fully saturated rings. The van der Waals surface area contributed by atoms with Crippen molar-refractivity contribution in [3.05, 3.63) is 34.9 Å². The minimum Gasteiger partial charge on any atom is -0.312 e. The Hall–Kier alpha value is -1.04. The first-order valence-electron chi connectivity index (χ1n) is 7.27. The molecular formula is C17H25NSi. The standard InChI is InChI=1S/C17H25NSi/c1-14-5-6-16(13-18-12-15-7-8-15)11-17(14)9-10-19(2,3)4/h5-6,11,15,18H,7-8,12-13H2,1-4H3. The highest BCUT2D eigenvalue weighted by atomic mass is 28.3. The molecule has 1 saturated carbocycles. The Kier molecular flexibility index (Phi) is 4.49. The summed E-state index contributed by atoms with van der Waals surface area (Å²) in [5, 5.41) is 3.54. The van der Waals surface area contributed by atoms with Crippen molar-refractivity contribution in [1.82, 2.24) is 5.32 Å². The van der Waals surface area contributed by atoms with Gasteiger partial charge in [0.25, 0.3) is 0 Å². The summed E-state index contributed by atoms with van der Waals surface area (Å²) in [6.45, 7) is 11.2. The van der Waals surface area contributed by atoms with E-state index in [9.17, 15) is 0 Å². The van der Waals surface area contributed by atoms with Crippen molar-refractivity contribution in [2.24, 2.45) is 5.92 Å². The smallest absolute Gasteiger partial charge is 0.129 e. The Morgan fingerprint density at radius 2 is 2.00 bits per heavy atom. The highest BCUT2D eigenvalue weighted by molar-refractivity contribution is 6.83. The quantitative estimate of drug-likeness (QED) is 0.650. The molecule has 0 atom stereocenters. The van der Waals surface area contributed by atoms with Crippen LogP contribution in [0.5, 0.6) is 0 Å². The van der Waals surface area contributed by atoms with Crippen LogP contribution in [0.1, 0.15) is 29.5 Å². The minimum atomic E-state index is -1.29. The molecule has 2 heteroatoms. The number of hydrogen-bond donors (Lipinski definition) is 1. The van der Waals surface area contributed by atoms with Gasteiger partial charge in [-0.2, -0.15) is 0 Å². The van der Waals surface area contributed by atoms with Crippen molar-refractivity contribution < 1.29 is 0 Å². The highest BCUT2D eigenvalue weighted by Crippen LogP contribution is 2.27. The number of rotatable bonds is 4. The molecule has 1 nitrogen and oxygen atoms in total. The van der Waals surface area contributed by atoms with E-state index in [0.717, 1.165) is 12.5 Å². The van der Waals surface area contributed by atoms with E-state index in [4.69, 9.17) is 0 Å². The fourth-order valence-electron chi connectivity index (χ4n) is 1.91. The highest BCUT2D eigenvalue weighted by Gasteiger charge is 2.20. The second-order valence-corrected chi connectivity index (χ2v) is 11.5. The third-order valence-electron chi connectivity index (χ3n) is 3.33. The van der Waals surface area contributed by atoms with Crippen LogP contribution in [0.3, 0.4) is 0 Å². The van der Waals surface area contributed by atoms with Gasteiger partial charge in [-0.25, -0.2) is 0 Å². The second kappa shape index (κ2) is 5.94. The maximum absolute atomic E-state index is 3.54. The fourth-order valence-corrected chi connectivity index (χ4v) is 2.42. The summed E-state index contributed by atoms with van der Waals surface area (Å²) in [7, 11) is -1.29. The van der Waals surface area contributed by atoms with Crippen molar-refractivity contribution in [3.63, 3.8) is 0 Å². The van der Waals surface area contributed by atoms with Crippen molar-refractivity contribution in [2.75, 3.05) is 6.54 Å². The first-order valence-corrected chi connectivity index (χ1v) is 10.8. The summed E-state index contributed by atoms with van der Waals surface area (Å²) in [6, 6.07) is 6.67. The van der Waals surface area contributed by atoms with Crippen LogP contribution in [0.2, 0.25) is 19.6 Å². The molecule has 1 aromatic rings. The van der Waals surface area contributed by atoms with Crippen LogP contribution in [0, 0.1) is 24.3 Å². The zero-order valence-corrected chi connectivity index (χ0v) is 13.6. The molecule has 1 aliphatic carbocycles. The van der Waals surface area contributed by atoms with Gasteiger partial charge in [-0.3, -0.25) is 0 Å². The SMILES string of the molecule is Cc1ccc(CNCC2CC2)cc1C#C[Si](C)(C)C. The molecule has 19 heavy (non-hydrogen) atoms. The number of aryl methyl sites for hydroxylation is 1. The van der Waals surface area contributed by atoms with Gasteiger partial charge in [-0.15, -0.1) is 5.54 Å². The molecule has 1 N–H and O–H groups in total. The Morgan fingerprint density at radius 3 is 2.63 bits per heavy atom. The van der Waals surface area contributed by atoms with Gasteiger partial charge in [0.15, 0.2) is 0 Å². The van der Waals surface area contributed by atoms with Crippen LogP contribution in [-0.2, 0) is 6.54 Å². The van der Waals surface area contributed by atoms with Gasteiger partial charge in [-0.05, 0) is 49.4 Å². The summed E-state index contributed by atoms with van der Waals surface area (Å²) in [4.78, 5) is 0. The Labute approximate surface area is 118 Å². The lowest BCUT2D eigenvalue weighted by Gasteiger charge is -2.07. The molecule has 0 heterocycles. The normalized spacial score (nSPS) is 14.9. The van der Waals surface area contributed by atoms with Crippen LogP contribution in [-0.4, -0.2) is 14.6 Å². The second-order valence-electron chi connectivity index (χ2n) is 6.72. The molecule has 0 spiro atoms. The summed E-state index contributed by atoms with van der Waals surface area (Å²) < 4.78 is 0. The number of hydrogen-bond acceptors (Lipinski definition) is 1. The van der Waals surface area contributed by atoms with Crippen molar-refractivity contribution in [2.45, 2.75) is 46.0 Å². The maximum Gasteiger partial charge on any atom is 0.129 e. The topological polar surface area (TPSA) is 12.0 Å². The predicted octanol–water partition coefficient (Wildman–Crippen LogP) is 3.72. The Bertz CT molecular complexity index is 498. The van der Waals surface area contributed by atoms with Crippen molar-refractivity contribution in [1.29, 1.82) is 0 Å². The van der Waals surface area contributed by atoms with E-state index in [-0.39, 0.29) is 0 Å². The summed E-state index contributed by atoms with van der Waals surface area (Å²) in [5.74, 6) is 4.33. The van der Waals surface area contributed by atoms with Gasteiger partial charge in [-0.1, -0.05) is 37.7 Å². The van der Waals surface area contributed by atoms with Crippen LogP contribution >= 0.6 is 0 Å². The molecule has 1 aliphatic rings. The monoisotopic (exact) mass is 271 g/mol. The largest absolute Gasteiger partial charge is 0.312 e.